The quantitative estimate of drug-likeness (QED) is 0.571. The van der Waals surface area contributed by atoms with Gasteiger partial charge in [-0.05, 0) is 34.1 Å². The molecule has 0 unspecified atom stereocenters. The van der Waals surface area contributed by atoms with Gasteiger partial charge in [-0.2, -0.15) is 0 Å². The molecule has 0 aromatic heterocycles. The van der Waals surface area contributed by atoms with E-state index in [1.807, 2.05) is 0 Å². The number of ether oxygens (including phenoxy) is 2. The number of nitrogens with zero attached hydrogens (tertiary/aromatic N) is 1. The Hall–Kier alpha value is -1.59. The number of ketones is 1. The number of hydrogen-bond donors (Lipinski definition) is 0. The number of hydrogen-bond acceptors (Lipinski definition) is 5. The third-order valence-corrected chi connectivity index (χ3v) is 2.87. The molecule has 0 bridgehead atoms. The summed E-state index contributed by atoms with van der Waals surface area (Å²) in [6.07, 6.45) is 0.318. The van der Waals surface area contributed by atoms with Crippen LogP contribution in [0.1, 0.15) is 40.5 Å². The molecule has 1 fully saturated rings. The molecule has 114 valence electrons. The van der Waals surface area contributed by atoms with Gasteiger partial charge in [-0.15, -0.1) is 0 Å². The van der Waals surface area contributed by atoms with Gasteiger partial charge in [0, 0.05) is 19.5 Å². The second-order valence-corrected chi connectivity index (χ2v) is 5.80. The lowest BCUT2D eigenvalue weighted by molar-refractivity contribution is -0.151. The standard InChI is InChI=1S/C14H23NO5/c1-5-19-12(17)10-9-15(8-6-7-11(10)16)13(18)20-14(2,3)4/h10H,5-9H2,1-4H3/t10-/m0/s1. The maximum atomic E-state index is 12.0. The van der Waals surface area contributed by atoms with Crippen molar-refractivity contribution in [3.05, 3.63) is 0 Å². The molecule has 6 nitrogen and oxygen atoms in total. The molecule has 1 atom stereocenters. The summed E-state index contributed by atoms with van der Waals surface area (Å²) in [7, 11) is 0. The summed E-state index contributed by atoms with van der Waals surface area (Å²) in [5.41, 5.74) is -0.604. The Kier molecular flexibility index (Phi) is 5.53. The predicted octanol–water partition coefficient (Wildman–Crippen LogP) is 1.77. The minimum atomic E-state index is -0.898. The van der Waals surface area contributed by atoms with Crippen LogP contribution in [0.4, 0.5) is 4.79 Å². The van der Waals surface area contributed by atoms with E-state index >= 15 is 0 Å². The SMILES string of the molecule is CCOC(=O)[C@H]1CN(C(=O)OC(C)(C)C)CCCC1=O. The van der Waals surface area contributed by atoms with Gasteiger partial charge in [0.1, 0.15) is 17.3 Å². The van der Waals surface area contributed by atoms with Crippen LogP contribution in [-0.2, 0) is 19.1 Å². The van der Waals surface area contributed by atoms with E-state index in [1.165, 1.54) is 4.90 Å². The Labute approximate surface area is 119 Å². The van der Waals surface area contributed by atoms with Gasteiger partial charge in [0.25, 0.3) is 0 Å². The summed E-state index contributed by atoms with van der Waals surface area (Å²) < 4.78 is 10.2. The highest BCUT2D eigenvalue weighted by molar-refractivity contribution is 5.99. The van der Waals surface area contributed by atoms with E-state index in [1.54, 1.807) is 27.7 Å². The molecule has 1 heterocycles. The number of carbonyl (C=O) groups is 3. The van der Waals surface area contributed by atoms with Crippen molar-refractivity contribution < 1.29 is 23.9 Å². The normalized spacial score (nSPS) is 20.3. The first-order valence-corrected chi connectivity index (χ1v) is 6.92. The van der Waals surface area contributed by atoms with Crippen LogP contribution in [0.3, 0.4) is 0 Å². The lowest BCUT2D eigenvalue weighted by Crippen LogP contribution is -2.42. The van der Waals surface area contributed by atoms with Crippen molar-refractivity contribution in [1.82, 2.24) is 4.90 Å². The van der Waals surface area contributed by atoms with Crippen molar-refractivity contribution >= 4 is 17.8 Å². The molecule has 1 aliphatic heterocycles. The van der Waals surface area contributed by atoms with Crippen molar-refractivity contribution in [3.8, 4) is 0 Å². The second kappa shape index (κ2) is 6.72. The third-order valence-electron chi connectivity index (χ3n) is 2.87. The maximum Gasteiger partial charge on any atom is 0.410 e. The average Bonchev–Trinajstić information content (AvgIpc) is 2.49. The number of carbonyl (C=O) groups excluding carboxylic acids is 3. The van der Waals surface area contributed by atoms with E-state index in [9.17, 15) is 14.4 Å². The fraction of sp³-hybridized carbons (Fsp3) is 0.786. The van der Waals surface area contributed by atoms with E-state index in [4.69, 9.17) is 9.47 Å². The van der Waals surface area contributed by atoms with Crippen LogP contribution in [0.2, 0.25) is 0 Å². The van der Waals surface area contributed by atoms with Crippen LogP contribution in [0.25, 0.3) is 0 Å². The summed E-state index contributed by atoms with van der Waals surface area (Å²) in [5.74, 6) is -1.63. The first-order chi connectivity index (χ1) is 9.24. The lowest BCUT2D eigenvalue weighted by atomic mass is 10.0. The van der Waals surface area contributed by atoms with Crippen molar-refractivity contribution in [2.24, 2.45) is 5.92 Å². The third kappa shape index (κ3) is 4.83. The minimum absolute atomic E-state index is 0.0343. The Morgan fingerprint density at radius 2 is 2.00 bits per heavy atom. The highest BCUT2D eigenvalue weighted by atomic mass is 16.6. The molecule has 6 heteroatoms. The zero-order chi connectivity index (χ0) is 15.3. The molecule has 1 saturated heterocycles. The Balaban J connectivity index is 2.76. The number of rotatable bonds is 2. The highest BCUT2D eigenvalue weighted by Gasteiger charge is 2.35. The molecule has 0 aliphatic carbocycles. The first-order valence-electron chi connectivity index (χ1n) is 6.92. The van der Waals surface area contributed by atoms with Gasteiger partial charge in [0.05, 0.1) is 6.61 Å². The topological polar surface area (TPSA) is 72.9 Å². The van der Waals surface area contributed by atoms with E-state index in [-0.39, 0.29) is 25.4 Å². The number of amides is 1. The van der Waals surface area contributed by atoms with Gasteiger partial charge >= 0.3 is 12.1 Å². The van der Waals surface area contributed by atoms with Crippen molar-refractivity contribution in [1.29, 1.82) is 0 Å². The zero-order valence-electron chi connectivity index (χ0n) is 12.6. The Morgan fingerprint density at radius 1 is 1.35 bits per heavy atom. The van der Waals surface area contributed by atoms with Gasteiger partial charge in [0.2, 0.25) is 0 Å². The van der Waals surface area contributed by atoms with Crippen molar-refractivity contribution in [2.45, 2.75) is 46.1 Å². The van der Waals surface area contributed by atoms with Gasteiger partial charge in [-0.1, -0.05) is 0 Å². The summed E-state index contributed by atoms with van der Waals surface area (Å²) in [5, 5.41) is 0. The van der Waals surface area contributed by atoms with Crippen molar-refractivity contribution in [3.63, 3.8) is 0 Å². The molecule has 0 spiro atoms. The number of likely N-dealkylation sites (tertiary alicyclic amines) is 1. The molecule has 0 aromatic rings. The van der Waals surface area contributed by atoms with Crippen LogP contribution in [-0.4, -0.2) is 48.0 Å². The van der Waals surface area contributed by atoms with Crippen molar-refractivity contribution in [2.75, 3.05) is 19.7 Å². The summed E-state index contributed by atoms with van der Waals surface area (Å²) in [6, 6.07) is 0. The van der Waals surface area contributed by atoms with Gasteiger partial charge < -0.3 is 14.4 Å². The fourth-order valence-electron chi connectivity index (χ4n) is 1.97. The molecule has 1 amide bonds. The molecule has 1 rings (SSSR count). The molecule has 0 saturated carbocycles. The van der Waals surface area contributed by atoms with Gasteiger partial charge in [-0.3, -0.25) is 9.59 Å². The predicted molar refractivity (Wildman–Crippen MR) is 72.2 cm³/mol. The molecule has 0 aromatic carbocycles. The number of esters is 1. The molecule has 0 N–H and O–H groups in total. The van der Waals surface area contributed by atoms with E-state index < -0.39 is 23.6 Å². The lowest BCUT2D eigenvalue weighted by Gasteiger charge is -2.27. The molecular weight excluding hydrogens is 262 g/mol. The van der Waals surface area contributed by atoms with Crippen LogP contribution in [0.15, 0.2) is 0 Å². The largest absolute Gasteiger partial charge is 0.465 e. The highest BCUT2D eigenvalue weighted by Crippen LogP contribution is 2.18. The Morgan fingerprint density at radius 3 is 2.55 bits per heavy atom. The van der Waals surface area contributed by atoms with Crippen LogP contribution < -0.4 is 0 Å². The molecular formula is C14H23NO5. The molecule has 1 aliphatic rings. The minimum Gasteiger partial charge on any atom is -0.465 e. The van der Waals surface area contributed by atoms with Gasteiger partial charge in [0.15, 0.2) is 0 Å². The average molecular weight is 285 g/mol. The monoisotopic (exact) mass is 285 g/mol. The first kappa shape index (κ1) is 16.5. The van der Waals surface area contributed by atoms with Crippen LogP contribution in [0, 0.1) is 5.92 Å². The Bertz CT molecular complexity index is 386. The smallest absolute Gasteiger partial charge is 0.410 e. The fourth-order valence-corrected chi connectivity index (χ4v) is 1.97. The number of Topliss-reactive ketones (excluding diaryl/α,β-unsaturated/α-hetero) is 1. The summed E-state index contributed by atoms with van der Waals surface area (Å²) >= 11 is 0. The van der Waals surface area contributed by atoms with Gasteiger partial charge in [-0.25, -0.2) is 4.79 Å². The summed E-state index contributed by atoms with van der Waals surface area (Å²) in [6.45, 7) is 7.67. The zero-order valence-corrected chi connectivity index (χ0v) is 12.6. The maximum absolute atomic E-state index is 12.0. The summed E-state index contributed by atoms with van der Waals surface area (Å²) in [4.78, 5) is 37.2. The van der Waals surface area contributed by atoms with E-state index in [0.717, 1.165) is 0 Å². The van der Waals surface area contributed by atoms with Crippen LogP contribution in [0.5, 0.6) is 0 Å². The van der Waals surface area contributed by atoms with E-state index in [2.05, 4.69) is 0 Å². The second-order valence-electron chi connectivity index (χ2n) is 5.80. The molecule has 0 radical (unpaired) electrons. The van der Waals surface area contributed by atoms with Crippen LogP contribution >= 0.6 is 0 Å². The van der Waals surface area contributed by atoms with E-state index in [0.29, 0.717) is 13.0 Å². The molecule has 20 heavy (non-hydrogen) atoms.